The van der Waals surface area contributed by atoms with E-state index in [0.29, 0.717) is 19.0 Å². The van der Waals surface area contributed by atoms with Crippen LogP contribution in [0.4, 0.5) is 4.79 Å². The Hall–Kier alpha value is -2.56. The SMILES string of the molecule is CC(C)(C)OC(=O)N1CCC[C@@H]1c1ccc(OCc2ccccc2)nc1. The Bertz CT molecular complexity index is 723. The summed E-state index contributed by atoms with van der Waals surface area (Å²) in [5.74, 6) is 0.583. The third kappa shape index (κ3) is 4.75. The second kappa shape index (κ2) is 7.77. The Balaban J connectivity index is 1.63. The lowest BCUT2D eigenvalue weighted by Crippen LogP contribution is -2.36. The van der Waals surface area contributed by atoms with Crippen LogP contribution in [0.2, 0.25) is 0 Å². The van der Waals surface area contributed by atoms with Gasteiger partial charge in [-0.15, -0.1) is 0 Å². The van der Waals surface area contributed by atoms with E-state index >= 15 is 0 Å². The normalized spacial score (nSPS) is 17.2. The average molecular weight is 354 g/mol. The Kier molecular flexibility index (Phi) is 5.45. The second-order valence-electron chi connectivity index (χ2n) is 7.54. The van der Waals surface area contributed by atoms with Gasteiger partial charge in [-0.25, -0.2) is 9.78 Å². The maximum Gasteiger partial charge on any atom is 0.410 e. The number of amides is 1. The summed E-state index contributed by atoms with van der Waals surface area (Å²) in [7, 11) is 0. The quantitative estimate of drug-likeness (QED) is 0.796. The molecule has 1 atom stereocenters. The van der Waals surface area contributed by atoms with Crippen molar-refractivity contribution in [1.82, 2.24) is 9.88 Å². The lowest BCUT2D eigenvalue weighted by Gasteiger charge is -2.28. The standard InChI is InChI=1S/C21H26N2O3/c1-21(2,3)26-20(24)23-13-7-10-18(23)17-11-12-19(22-14-17)25-15-16-8-5-4-6-9-16/h4-6,8-9,11-12,14,18H,7,10,13,15H2,1-3H3/t18-/m1/s1. The Morgan fingerprint density at radius 3 is 2.62 bits per heavy atom. The van der Waals surface area contributed by atoms with E-state index in [1.54, 1.807) is 11.1 Å². The molecule has 1 fully saturated rings. The fraction of sp³-hybridized carbons (Fsp3) is 0.429. The van der Waals surface area contributed by atoms with Gasteiger partial charge in [0, 0.05) is 18.8 Å². The van der Waals surface area contributed by atoms with E-state index in [-0.39, 0.29) is 12.1 Å². The third-order valence-electron chi connectivity index (χ3n) is 4.25. The van der Waals surface area contributed by atoms with Gasteiger partial charge in [-0.3, -0.25) is 0 Å². The van der Waals surface area contributed by atoms with E-state index in [0.717, 1.165) is 24.0 Å². The van der Waals surface area contributed by atoms with E-state index in [9.17, 15) is 4.79 Å². The van der Waals surface area contributed by atoms with Crippen molar-refractivity contribution in [2.45, 2.75) is 51.9 Å². The summed E-state index contributed by atoms with van der Waals surface area (Å²) in [6.45, 7) is 6.86. The molecule has 0 aliphatic carbocycles. The number of aromatic nitrogens is 1. The number of nitrogens with zero attached hydrogens (tertiary/aromatic N) is 2. The predicted molar refractivity (Wildman–Crippen MR) is 99.9 cm³/mol. The number of pyridine rings is 1. The molecule has 0 radical (unpaired) electrons. The minimum absolute atomic E-state index is 0.0144. The van der Waals surface area contributed by atoms with Gasteiger partial charge in [-0.2, -0.15) is 0 Å². The molecule has 138 valence electrons. The van der Waals surface area contributed by atoms with Crippen molar-refractivity contribution in [3.8, 4) is 5.88 Å². The third-order valence-corrected chi connectivity index (χ3v) is 4.25. The maximum atomic E-state index is 12.4. The van der Waals surface area contributed by atoms with Crippen molar-refractivity contribution in [3.63, 3.8) is 0 Å². The molecule has 1 aliphatic rings. The summed E-state index contributed by atoms with van der Waals surface area (Å²) in [4.78, 5) is 18.6. The molecule has 1 aliphatic heterocycles. The molecule has 2 heterocycles. The van der Waals surface area contributed by atoms with Gasteiger partial charge in [-0.05, 0) is 44.7 Å². The summed E-state index contributed by atoms with van der Waals surface area (Å²) in [5, 5.41) is 0. The Morgan fingerprint density at radius 1 is 1.19 bits per heavy atom. The molecule has 1 saturated heterocycles. The van der Waals surface area contributed by atoms with Gasteiger partial charge in [0.05, 0.1) is 6.04 Å². The number of likely N-dealkylation sites (tertiary alicyclic amines) is 1. The van der Waals surface area contributed by atoms with Gasteiger partial charge >= 0.3 is 6.09 Å². The van der Waals surface area contributed by atoms with Gasteiger partial charge in [0.25, 0.3) is 0 Å². The van der Waals surface area contributed by atoms with Crippen molar-refractivity contribution < 1.29 is 14.3 Å². The van der Waals surface area contributed by atoms with Crippen LogP contribution in [0.3, 0.4) is 0 Å². The van der Waals surface area contributed by atoms with Crippen LogP contribution in [-0.2, 0) is 11.3 Å². The molecule has 0 N–H and O–H groups in total. The van der Waals surface area contributed by atoms with Crippen LogP contribution in [0.15, 0.2) is 48.7 Å². The zero-order valence-corrected chi connectivity index (χ0v) is 15.6. The molecule has 0 unspecified atom stereocenters. The number of carbonyl (C=O) groups excluding carboxylic acids is 1. The van der Waals surface area contributed by atoms with Gasteiger partial charge in [0.1, 0.15) is 12.2 Å². The molecular formula is C21H26N2O3. The van der Waals surface area contributed by atoms with Crippen LogP contribution in [0, 0.1) is 0 Å². The number of benzene rings is 1. The highest BCUT2D eigenvalue weighted by molar-refractivity contribution is 5.69. The Morgan fingerprint density at radius 2 is 1.96 bits per heavy atom. The van der Waals surface area contributed by atoms with Crippen molar-refractivity contribution in [3.05, 3.63) is 59.8 Å². The summed E-state index contributed by atoms with van der Waals surface area (Å²) in [5.41, 5.74) is 1.63. The highest BCUT2D eigenvalue weighted by Gasteiger charge is 2.33. The molecule has 5 heteroatoms. The monoisotopic (exact) mass is 354 g/mol. The molecule has 2 aromatic rings. The van der Waals surface area contributed by atoms with Crippen LogP contribution in [0.5, 0.6) is 5.88 Å². The molecule has 0 saturated carbocycles. The molecule has 1 aromatic carbocycles. The van der Waals surface area contributed by atoms with E-state index in [4.69, 9.17) is 9.47 Å². The minimum Gasteiger partial charge on any atom is -0.473 e. The van der Waals surface area contributed by atoms with Gasteiger partial charge < -0.3 is 14.4 Å². The van der Waals surface area contributed by atoms with Crippen LogP contribution in [0.25, 0.3) is 0 Å². The molecule has 1 aromatic heterocycles. The van der Waals surface area contributed by atoms with Gasteiger partial charge in [0.2, 0.25) is 5.88 Å². The zero-order valence-electron chi connectivity index (χ0n) is 15.6. The van der Waals surface area contributed by atoms with Crippen LogP contribution >= 0.6 is 0 Å². The fourth-order valence-electron chi connectivity index (χ4n) is 3.06. The van der Waals surface area contributed by atoms with Crippen LogP contribution < -0.4 is 4.74 Å². The van der Waals surface area contributed by atoms with Gasteiger partial charge in [0.15, 0.2) is 0 Å². The Labute approximate surface area is 155 Å². The summed E-state index contributed by atoms with van der Waals surface area (Å²) in [6.07, 6.45) is 3.43. The summed E-state index contributed by atoms with van der Waals surface area (Å²) < 4.78 is 11.3. The summed E-state index contributed by atoms with van der Waals surface area (Å²) in [6, 6.07) is 13.9. The first-order valence-corrected chi connectivity index (χ1v) is 9.05. The summed E-state index contributed by atoms with van der Waals surface area (Å²) >= 11 is 0. The van der Waals surface area contributed by atoms with Crippen molar-refractivity contribution >= 4 is 6.09 Å². The molecule has 0 bridgehead atoms. The molecule has 0 spiro atoms. The first-order valence-electron chi connectivity index (χ1n) is 9.05. The first-order chi connectivity index (χ1) is 12.4. The van der Waals surface area contributed by atoms with Crippen molar-refractivity contribution in [2.24, 2.45) is 0 Å². The topological polar surface area (TPSA) is 51.7 Å². The van der Waals surface area contributed by atoms with Crippen molar-refractivity contribution in [2.75, 3.05) is 6.54 Å². The minimum atomic E-state index is -0.488. The number of rotatable bonds is 4. The largest absolute Gasteiger partial charge is 0.473 e. The number of hydrogen-bond donors (Lipinski definition) is 0. The first kappa shape index (κ1) is 18.2. The average Bonchev–Trinajstić information content (AvgIpc) is 3.10. The zero-order chi connectivity index (χ0) is 18.6. The molecule has 5 nitrogen and oxygen atoms in total. The second-order valence-corrected chi connectivity index (χ2v) is 7.54. The molecule has 3 rings (SSSR count). The molecule has 26 heavy (non-hydrogen) atoms. The van der Waals surface area contributed by atoms with Crippen LogP contribution in [0.1, 0.15) is 50.8 Å². The van der Waals surface area contributed by atoms with Crippen molar-refractivity contribution in [1.29, 1.82) is 0 Å². The van der Waals surface area contributed by atoms with E-state index < -0.39 is 5.60 Å². The van der Waals surface area contributed by atoms with Crippen LogP contribution in [-0.4, -0.2) is 28.1 Å². The van der Waals surface area contributed by atoms with E-state index in [1.807, 2.05) is 63.2 Å². The number of hydrogen-bond acceptors (Lipinski definition) is 4. The van der Waals surface area contributed by atoms with E-state index in [2.05, 4.69) is 4.98 Å². The smallest absolute Gasteiger partial charge is 0.410 e. The lowest BCUT2D eigenvalue weighted by atomic mass is 10.1. The fourth-order valence-corrected chi connectivity index (χ4v) is 3.06. The number of ether oxygens (including phenoxy) is 2. The predicted octanol–water partition coefficient (Wildman–Crippen LogP) is 4.73. The highest BCUT2D eigenvalue weighted by atomic mass is 16.6. The number of carbonyl (C=O) groups is 1. The molecule has 1 amide bonds. The lowest BCUT2D eigenvalue weighted by molar-refractivity contribution is 0.0224. The molecular weight excluding hydrogens is 328 g/mol. The van der Waals surface area contributed by atoms with Gasteiger partial charge in [-0.1, -0.05) is 36.4 Å². The van der Waals surface area contributed by atoms with E-state index in [1.165, 1.54) is 0 Å². The highest BCUT2D eigenvalue weighted by Crippen LogP contribution is 2.33. The maximum absolute atomic E-state index is 12.4.